The first-order valence-electron chi connectivity index (χ1n) is 8.67. The second-order valence-corrected chi connectivity index (χ2v) is 6.20. The smallest absolute Gasteiger partial charge is 0.310 e. The molecule has 1 amide bonds. The number of methoxy groups -OCH3 is 1. The van der Waals surface area contributed by atoms with Gasteiger partial charge in [-0.15, -0.1) is 0 Å². The maximum atomic E-state index is 13.1. The second-order valence-electron chi connectivity index (χ2n) is 6.20. The molecule has 3 rings (SSSR count). The van der Waals surface area contributed by atoms with Gasteiger partial charge in [0.05, 0.1) is 19.6 Å². The maximum Gasteiger partial charge on any atom is 0.310 e. The van der Waals surface area contributed by atoms with Crippen molar-refractivity contribution >= 4 is 22.6 Å². The highest BCUT2D eigenvalue weighted by atomic mass is 16.5. The number of carbonyl (C=O) groups is 2. The molecule has 2 aromatic rings. The molecule has 0 unspecified atom stereocenters. The molecule has 0 aliphatic carbocycles. The van der Waals surface area contributed by atoms with Crippen molar-refractivity contribution in [1.82, 2.24) is 4.90 Å². The van der Waals surface area contributed by atoms with Gasteiger partial charge in [-0.3, -0.25) is 9.59 Å². The van der Waals surface area contributed by atoms with Crippen LogP contribution < -0.4 is 4.74 Å². The lowest BCUT2D eigenvalue weighted by atomic mass is 9.96. The van der Waals surface area contributed by atoms with Crippen LogP contribution in [0.4, 0.5) is 0 Å². The SMILES string of the molecule is CCOC(=O)[C@H]1CCCN(C(=O)c2ccc(OC)c3ccccc23)C1. The molecule has 25 heavy (non-hydrogen) atoms. The fourth-order valence-electron chi connectivity index (χ4n) is 3.42. The van der Waals surface area contributed by atoms with E-state index < -0.39 is 0 Å². The molecule has 1 aliphatic heterocycles. The molecular weight excluding hydrogens is 318 g/mol. The van der Waals surface area contributed by atoms with Crippen molar-refractivity contribution in [1.29, 1.82) is 0 Å². The maximum absolute atomic E-state index is 13.1. The summed E-state index contributed by atoms with van der Waals surface area (Å²) in [7, 11) is 1.62. The number of piperidine rings is 1. The number of amides is 1. The minimum Gasteiger partial charge on any atom is -0.496 e. The lowest BCUT2D eigenvalue weighted by molar-refractivity contribution is -0.149. The van der Waals surface area contributed by atoms with Crippen molar-refractivity contribution < 1.29 is 19.1 Å². The van der Waals surface area contributed by atoms with Crippen LogP contribution in [0.3, 0.4) is 0 Å². The molecule has 0 saturated carbocycles. The van der Waals surface area contributed by atoms with Crippen LogP contribution in [0.5, 0.6) is 5.75 Å². The Morgan fingerprint density at radius 3 is 2.64 bits per heavy atom. The van der Waals surface area contributed by atoms with Crippen molar-refractivity contribution in [2.75, 3.05) is 26.8 Å². The summed E-state index contributed by atoms with van der Waals surface area (Å²) in [6, 6.07) is 11.3. The lowest BCUT2D eigenvalue weighted by Crippen LogP contribution is -2.42. The topological polar surface area (TPSA) is 55.8 Å². The number of rotatable bonds is 4. The minimum absolute atomic E-state index is 0.0483. The predicted octanol–water partition coefficient (Wildman–Crippen LogP) is 3.26. The molecule has 0 radical (unpaired) electrons. The standard InChI is InChI=1S/C20H23NO4/c1-3-25-20(23)14-7-6-12-21(13-14)19(22)17-10-11-18(24-2)16-9-5-4-8-15(16)17/h4-5,8-11,14H,3,6-7,12-13H2,1-2H3/t14-/m0/s1. The van der Waals surface area contributed by atoms with Crippen molar-refractivity contribution in [3.63, 3.8) is 0 Å². The summed E-state index contributed by atoms with van der Waals surface area (Å²) in [5, 5.41) is 1.78. The molecule has 1 atom stereocenters. The number of carbonyl (C=O) groups excluding carboxylic acids is 2. The molecule has 5 heteroatoms. The summed E-state index contributed by atoms with van der Waals surface area (Å²) >= 11 is 0. The zero-order chi connectivity index (χ0) is 17.8. The Morgan fingerprint density at radius 1 is 1.16 bits per heavy atom. The third-order valence-electron chi connectivity index (χ3n) is 4.66. The average Bonchev–Trinajstić information content (AvgIpc) is 2.67. The van der Waals surface area contributed by atoms with Crippen molar-refractivity contribution in [2.24, 2.45) is 5.92 Å². The van der Waals surface area contributed by atoms with Gasteiger partial charge >= 0.3 is 5.97 Å². The van der Waals surface area contributed by atoms with E-state index in [1.807, 2.05) is 30.3 Å². The summed E-state index contributed by atoms with van der Waals surface area (Å²) in [6.45, 7) is 3.24. The molecule has 1 saturated heterocycles. The van der Waals surface area contributed by atoms with E-state index in [2.05, 4.69) is 0 Å². The molecule has 1 fully saturated rings. The fraction of sp³-hybridized carbons (Fsp3) is 0.400. The van der Waals surface area contributed by atoms with E-state index in [9.17, 15) is 9.59 Å². The summed E-state index contributed by atoms with van der Waals surface area (Å²) in [4.78, 5) is 26.9. The Morgan fingerprint density at radius 2 is 1.92 bits per heavy atom. The Bertz CT molecular complexity index is 786. The number of ether oxygens (including phenoxy) is 2. The minimum atomic E-state index is -0.234. The highest BCUT2D eigenvalue weighted by Gasteiger charge is 2.30. The molecule has 1 aliphatic rings. The highest BCUT2D eigenvalue weighted by Crippen LogP contribution is 2.30. The predicted molar refractivity (Wildman–Crippen MR) is 95.8 cm³/mol. The number of benzene rings is 2. The van der Waals surface area contributed by atoms with Crippen LogP contribution in [0.15, 0.2) is 36.4 Å². The van der Waals surface area contributed by atoms with Gasteiger partial charge in [-0.25, -0.2) is 0 Å². The first kappa shape index (κ1) is 17.3. The van der Waals surface area contributed by atoms with Crippen LogP contribution in [-0.2, 0) is 9.53 Å². The first-order chi connectivity index (χ1) is 12.2. The molecule has 1 heterocycles. The number of hydrogen-bond donors (Lipinski definition) is 0. The van der Waals surface area contributed by atoms with E-state index in [1.54, 1.807) is 25.0 Å². The first-order valence-corrected chi connectivity index (χ1v) is 8.67. The van der Waals surface area contributed by atoms with Crippen molar-refractivity contribution in [3.05, 3.63) is 42.0 Å². The number of nitrogens with zero attached hydrogens (tertiary/aromatic N) is 1. The number of hydrogen-bond acceptors (Lipinski definition) is 4. The van der Waals surface area contributed by atoms with E-state index in [0.717, 1.165) is 29.4 Å². The fourth-order valence-corrected chi connectivity index (χ4v) is 3.42. The van der Waals surface area contributed by atoms with Crippen LogP contribution in [0, 0.1) is 5.92 Å². The molecule has 2 aromatic carbocycles. The largest absolute Gasteiger partial charge is 0.496 e. The van der Waals surface area contributed by atoms with Gasteiger partial charge in [0.1, 0.15) is 5.75 Å². The molecule has 0 aromatic heterocycles. The van der Waals surface area contributed by atoms with E-state index in [0.29, 0.717) is 25.3 Å². The van der Waals surface area contributed by atoms with E-state index in [1.165, 1.54) is 0 Å². The molecule has 0 spiro atoms. The average molecular weight is 341 g/mol. The zero-order valence-electron chi connectivity index (χ0n) is 14.7. The molecular formula is C20H23NO4. The van der Waals surface area contributed by atoms with Crippen LogP contribution in [-0.4, -0.2) is 43.6 Å². The third-order valence-corrected chi connectivity index (χ3v) is 4.66. The van der Waals surface area contributed by atoms with Gasteiger partial charge in [0, 0.05) is 24.0 Å². The zero-order valence-corrected chi connectivity index (χ0v) is 14.7. The third kappa shape index (κ3) is 3.45. The molecule has 132 valence electrons. The summed E-state index contributed by atoms with van der Waals surface area (Å²) in [5.41, 5.74) is 0.640. The van der Waals surface area contributed by atoms with Crippen molar-refractivity contribution in [2.45, 2.75) is 19.8 Å². The van der Waals surface area contributed by atoms with Crippen LogP contribution in [0.1, 0.15) is 30.1 Å². The van der Waals surface area contributed by atoms with Crippen LogP contribution in [0.25, 0.3) is 10.8 Å². The van der Waals surface area contributed by atoms with Gasteiger partial charge in [0.25, 0.3) is 5.91 Å². The van der Waals surface area contributed by atoms with Crippen LogP contribution >= 0.6 is 0 Å². The van der Waals surface area contributed by atoms with Gasteiger partial charge in [-0.2, -0.15) is 0 Å². The number of esters is 1. The number of likely N-dealkylation sites (tertiary alicyclic amines) is 1. The quantitative estimate of drug-likeness (QED) is 0.801. The Labute approximate surface area is 147 Å². The van der Waals surface area contributed by atoms with Gasteiger partial charge in [-0.1, -0.05) is 24.3 Å². The summed E-state index contributed by atoms with van der Waals surface area (Å²) < 4.78 is 10.5. The van der Waals surface area contributed by atoms with Gasteiger partial charge < -0.3 is 14.4 Å². The van der Waals surface area contributed by atoms with Crippen molar-refractivity contribution in [3.8, 4) is 5.75 Å². The molecule has 5 nitrogen and oxygen atoms in total. The number of fused-ring (bicyclic) bond motifs is 1. The van der Waals surface area contributed by atoms with Gasteiger partial charge in [0.2, 0.25) is 0 Å². The Kier molecular flexibility index (Phi) is 5.22. The lowest BCUT2D eigenvalue weighted by Gasteiger charge is -2.32. The molecule has 0 bridgehead atoms. The Hall–Kier alpha value is -2.56. The van der Waals surface area contributed by atoms with Gasteiger partial charge in [-0.05, 0) is 37.3 Å². The second kappa shape index (κ2) is 7.55. The molecule has 0 N–H and O–H groups in total. The van der Waals surface area contributed by atoms with E-state index in [4.69, 9.17) is 9.47 Å². The summed E-state index contributed by atoms with van der Waals surface area (Å²) in [5.74, 6) is 0.254. The summed E-state index contributed by atoms with van der Waals surface area (Å²) in [6.07, 6.45) is 1.58. The van der Waals surface area contributed by atoms with Gasteiger partial charge in [0.15, 0.2) is 0 Å². The Balaban J connectivity index is 1.88. The van der Waals surface area contributed by atoms with Crippen LogP contribution in [0.2, 0.25) is 0 Å². The van der Waals surface area contributed by atoms with E-state index >= 15 is 0 Å². The normalized spacial score (nSPS) is 17.4. The van der Waals surface area contributed by atoms with E-state index in [-0.39, 0.29) is 17.8 Å². The monoisotopic (exact) mass is 341 g/mol. The highest BCUT2D eigenvalue weighted by molar-refractivity contribution is 6.08.